The van der Waals surface area contributed by atoms with E-state index in [1.165, 1.54) is 27.5 Å². The molecule has 63 heavy (non-hydrogen) atoms. The molecule has 12 aromatic rings. The van der Waals surface area contributed by atoms with Gasteiger partial charge in [0.25, 0.3) is 0 Å². The summed E-state index contributed by atoms with van der Waals surface area (Å²) < 4.78 is 9.05. The Morgan fingerprint density at radius 2 is 0.889 bits per heavy atom. The van der Waals surface area contributed by atoms with Crippen LogP contribution in [0.5, 0.6) is 0 Å². The van der Waals surface area contributed by atoms with Crippen molar-refractivity contribution in [3.05, 3.63) is 243 Å². The fraction of sp³-hybridized carbons (Fsp3) is 0. The molecule has 0 aliphatic carbocycles. The molecule has 0 aliphatic heterocycles. The van der Waals surface area contributed by atoms with Crippen LogP contribution in [-0.4, -0.2) is 4.57 Å². The maximum Gasteiger partial charge on any atom is 0.143 e. The first-order valence-corrected chi connectivity index (χ1v) is 21.5. The molecule has 0 N–H and O–H groups in total. The summed E-state index contributed by atoms with van der Waals surface area (Å²) in [5, 5.41) is 4.61. The van der Waals surface area contributed by atoms with E-state index >= 15 is 0 Å². The number of anilines is 3. The molecule has 10 aromatic carbocycles. The number of nitrogens with zero attached hydrogens (tertiary/aromatic N) is 2. The number of hydrogen-bond donors (Lipinski definition) is 0. The monoisotopic (exact) mass is 804 g/mol. The molecule has 0 bridgehead atoms. The fourth-order valence-corrected chi connectivity index (χ4v) is 9.61. The molecule has 296 valence electrons. The average molecular weight is 805 g/mol. The minimum Gasteiger partial charge on any atom is -0.455 e. The second kappa shape index (κ2) is 15.3. The Labute approximate surface area is 366 Å². The summed E-state index contributed by atoms with van der Waals surface area (Å²) in [6.07, 6.45) is 0. The smallest absolute Gasteiger partial charge is 0.143 e. The molecule has 0 radical (unpaired) electrons. The second-order valence-electron chi connectivity index (χ2n) is 16.0. The van der Waals surface area contributed by atoms with Crippen LogP contribution in [-0.2, 0) is 0 Å². The van der Waals surface area contributed by atoms with Gasteiger partial charge in [-0.2, -0.15) is 0 Å². The molecular formula is C60H40N2O. The number of rotatable bonds is 8. The highest BCUT2D eigenvalue weighted by Gasteiger charge is 2.24. The lowest BCUT2D eigenvalue weighted by atomic mass is 9.92. The van der Waals surface area contributed by atoms with Crippen molar-refractivity contribution in [1.29, 1.82) is 0 Å². The molecule has 0 unspecified atom stereocenters. The van der Waals surface area contributed by atoms with Gasteiger partial charge in [0.15, 0.2) is 0 Å². The van der Waals surface area contributed by atoms with Gasteiger partial charge >= 0.3 is 0 Å². The molecule has 0 amide bonds. The molecule has 2 aromatic heterocycles. The summed E-state index contributed by atoms with van der Waals surface area (Å²) in [4.78, 5) is 2.46. The molecule has 0 atom stereocenters. The fourth-order valence-electron chi connectivity index (χ4n) is 9.61. The van der Waals surface area contributed by atoms with Crippen LogP contribution < -0.4 is 4.90 Å². The van der Waals surface area contributed by atoms with Crippen molar-refractivity contribution in [3.8, 4) is 50.2 Å². The highest BCUT2D eigenvalue weighted by Crippen LogP contribution is 2.48. The summed E-state index contributed by atoms with van der Waals surface area (Å²) in [7, 11) is 0. The zero-order chi connectivity index (χ0) is 41.7. The van der Waals surface area contributed by atoms with Crippen molar-refractivity contribution in [2.24, 2.45) is 0 Å². The lowest BCUT2D eigenvalue weighted by Crippen LogP contribution is -2.11. The SMILES string of the molecule is c1ccc(-c2ccccc2-c2cccc(N(c3ccc(-c4cccc5c4oc4ccccc45)c(-c4ccccc4)c3)c3cccc4c3c3ccccc3n4-c3ccccc3)c2)cc1. The highest BCUT2D eigenvalue weighted by molar-refractivity contribution is 6.17. The molecule has 0 fully saturated rings. The van der Waals surface area contributed by atoms with Crippen molar-refractivity contribution in [1.82, 2.24) is 4.57 Å². The normalized spacial score (nSPS) is 11.5. The summed E-state index contributed by atoms with van der Waals surface area (Å²) in [5.41, 5.74) is 17.6. The Hall–Kier alpha value is -8.40. The number of benzene rings is 10. The van der Waals surface area contributed by atoms with E-state index < -0.39 is 0 Å². The van der Waals surface area contributed by atoms with Crippen LogP contribution in [0.15, 0.2) is 247 Å². The third kappa shape index (κ3) is 6.21. The lowest BCUT2D eigenvalue weighted by molar-refractivity contribution is 0.670. The highest BCUT2D eigenvalue weighted by atomic mass is 16.3. The third-order valence-electron chi connectivity index (χ3n) is 12.4. The Balaban J connectivity index is 1.13. The molecule has 0 saturated heterocycles. The van der Waals surface area contributed by atoms with Gasteiger partial charge in [-0.3, -0.25) is 0 Å². The Morgan fingerprint density at radius 3 is 1.68 bits per heavy atom. The van der Waals surface area contributed by atoms with E-state index in [9.17, 15) is 0 Å². The average Bonchev–Trinajstić information content (AvgIpc) is 3.92. The van der Waals surface area contributed by atoms with Crippen molar-refractivity contribution in [2.45, 2.75) is 0 Å². The van der Waals surface area contributed by atoms with Gasteiger partial charge in [-0.15, -0.1) is 0 Å². The molecule has 0 saturated carbocycles. The minimum absolute atomic E-state index is 0.889. The predicted molar refractivity (Wildman–Crippen MR) is 264 cm³/mol. The third-order valence-corrected chi connectivity index (χ3v) is 12.4. The van der Waals surface area contributed by atoms with Gasteiger partial charge in [0, 0.05) is 44.2 Å². The molecular weight excluding hydrogens is 765 g/mol. The van der Waals surface area contributed by atoms with Gasteiger partial charge in [-0.05, 0) is 99.6 Å². The quantitative estimate of drug-likeness (QED) is 0.153. The molecule has 3 nitrogen and oxygen atoms in total. The van der Waals surface area contributed by atoms with Crippen molar-refractivity contribution in [2.75, 3.05) is 4.90 Å². The summed E-state index contributed by atoms with van der Waals surface area (Å²) in [6.45, 7) is 0. The number of aromatic nitrogens is 1. The summed E-state index contributed by atoms with van der Waals surface area (Å²) in [5.74, 6) is 0. The minimum atomic E-state index is 0.889. The molecule has 12 rings (SSSR count). The maximum absolute atomic E-state index is 6.66. The van der Waals surface area contributed by atoms with Crippen LogP contribution in [0.1, 0.15) is 0 Å². The van der Waals surface area contributed by atoms with Gasteiger partial charge in [0.1, 0.15) is 11.2 Å². The van der Waals surface area contributed by atoms with Crippen LogP contribution in [0, 0.1) is 0 Å². The summed E-state index contributed by atoms with van der Waals surface area (Å²) >= 11 is 0. The van der Waals surface area contributed by atoms with Crippen LogP contribution in [0.25, 0.3) is 93.9 Å². The van der Waals surface area contributed by atoms with E-state index in [-0.39, 0.29) is 0 Å². The van der Waals surface area contributed by atoms with Crippen molar-refractivity contribution in [3.63, 3.8) is 0 Å². The Kier molecular flexibility index (Phi) is 8.83. The predicted octanol–water partition coefficient (Wildman–Crippen LogP) is 16.8. The molecule has 0 aliphatic rings. The number of furan rings is 1. The van der Waals surface area contributed by atoms with Gasteiger partial charge in [-0.1, -0.05) is 182 Å². The first-order chi connectivity index (χ1) is 31.3. The zero-order valence-electron chi connectivity index (χ0n) is 34.4. The van der Waals surface area contributed by atoms with E-state index in [4.69, 9.17) is 4.42 Å². The Morgan fingerprint density at radius 1 is 0.333 bits per heavy atom. The van der Waals surface area contributed by atoms with Crippen LogP contribution in [0.2, 0.25) is 0 Å². The molecule has 0 spiro atoms. The van der Waals surface area contributed by atoms with E-state index in [2.05, 4.69) is 246 Å². The van der Waals surface area contributed by atoms with Gasteiger partial charge < -0.3 is 13.9 Å². The zero-order valence-corrected chi connectivity index (χ0v) is 34.4. The van der Waals surface area contributed by atoms with Crippen LogP contribution >= 0.6 is 0 Å². The van der Waals surface area contributed by atoms with E-state index in [0.29, 0.717) is 0 Å². The number of para-hydroxylation sites is 4. The lowest BCUT2D eigenvalue weighted by Gasteiger charge is -2.28. The van der Waals surface area contributed by atoms with Gasteiger partial charge in [-0.25, -0.2) is 0 Å². The van der Waals surface area contributed by atoms with E-state index in [0.717, 1.165) is 83.5 Å². The van der Waals surface area contributed by atoms with Crippen LogP contribution in [0.3, 0.4) is 0 Å². The van der Waals surface area contributed by atoms with Crippen molar-refractivity contribution < 1.29 is 4.42 Å². The first kappa shape index (κ1) is 36.5. The molecule has 2 heterocycles. The second-order valence-corrected chi connectivity index (χ2v) is 16.0. The standard InChI is InChI=1S/C60H40N2O/c1-4-19-41(20-5-1)47-27-10-11-28-48(47)43-23-16-26-45(39-43)61(56-34-18-35-57-59(56)53-30-12-14-33-55(53)62(57)44-24-8-3-9-25-44)46-37-38-49(54(40-46)42-21-6-2-7-22-42)51-31-17-32-52-50-29-13-15-36-58(50)63-60(51)52/h1-40H. The van der Waals surface area contributed by atoms with Gasteiger partial charge in [0.2, 0.25) is 0 Å². The Bertz CT molecular complexity index is 3620. The van der Waals surface area contributed by atoms with E-state index in [1.54, 1.807) is 0 Å². The first-order valence-electron chi connectivity index (χ1n) is 21.5. The van der Waals surface area contributed by atoms with E-state index in [1.807, 2.05) is 6.07 Å². The van der Waals surface area contributed by atoms with Crippen LogP contribution in [0.4, 0.5) is 17.1 Å². The largest absolute Gasteiger partial charge is 0.455 e. The maximum atomic E-state index is 6.66. The van der Waals surface area contributed by atoms with Crippen molar-refractivity contribution >= 4 is 60.8 Å². The molecule has 3 heteroatoms. The number of fused-ring (bicyclic) bond motifs is 6. The van der Waals surface area contributed by atoms with Gasteiger partial charge in [0.05, 0.1) is 16.7 Å². The topological polar surface area (TPSA) is 21.3 Å². The summed E-state index contributed by atoms with van der Waals surface area (Å²) in [6, 6.07) is 87.1. The number of hydrogen-bond acceptors (Lipinski definition) is 2.